The lowest BCUT2D eigenvalue weighted by Gasteiger charge is -2.08. The number of nitrogens with zero attached hydrogens (tertiary/aromatic N) is 1. The fourth-order valence-corrected chi connectivity index (χ4v) is 1.77. The molecule has 0 amide bonds. The summed E-state index contributed by atoms with van der Waals surface area (Å²) in [6.07, 6.45) is -0.924. The number of benzene rings is 2. The molecule has 0 fully saturated rings. The zero-order valence-electron chi connectivity index (χ0n) is 11.9. The monoisotopic (exact) mass is 281 g/mol. The second-order valence-electron chi connectivity index (χ2n) is 4.73. The highest BCUT2D eigenvalue weighted by atomic mass is 16.7. The third-order valence-corrected chi connectivity index (χ3v) is 2.73. The normalized spacial score (nSPS) is 10.0. The van der Waals surface area contributed by atoms with Crippen LogP contribution in [0, 0.1) is 11.3 Å². The van der Waals surface area contributed by atoms with Crippen molar-refractivity contribution in [3.8, 4) is 22.9 Å². The molecular weight excluding hydrogens is 266 g/mol. The molecule has 106 valence electrons. The largest absolute Gasteiger partial charge is 0.514 e. The average Bonchev–Trinajstić information content (AvgIpc) is 2.47. The van der Waals surface area contributed by atoms with E-state index < -0.39 is 6.16 Å². The van der Waals surface area contributed by atoms with Gasteiger partial charge in [-0.1, -0.05) is 24.3 Å². The van der Waals surface area contributed by atoms with Crippen LogP contribution in [-0.4, -0.2) is 12.3 Å². The molecule has 0 unspecified atom stereocenters. The summed E-state index contributed by atoms with van der Waals surface area (Å²) in [7, 11) is 0. The Balaban J connectivity index is 2.08. The van der Waals surface area contributed by atoms with Gasteiger partial charge in [0.05, 0.1) is 17.7 Å². The highest BCUT2D eigenvalue weighted by Gasteiger charge is 2.08. The molecule has 0 spiro atoms. The molecule has 0 radical (unpaired) electrons. The smallest absolute Gasteiger partial charge is 0.431 e. The van der Waals surface area contributed by atoms with Gasteiger partial charge in [-0.3, -0.25) is 0 Å². The third-order valence-electron chi connectivity index (χ3n) is 2.73. The van der Waals surface area contributed by atoms with Crippen LogP contribution < -0.4 is 4.74 Å². The molecule has 0 saturated heterocycles. The van der Waals surface area contributed by atoms with Crippen LogP contribution in [-0.2, 0) is 4.74 Å². The molecule has 0 aliphatic rings. The average molecular weight is 281 g/mol. The Morgan fingerprint density at radius 2 is 1.52 bits per heavy atom. The zero-order chi connectivity index (χ0) is 15.2. The maximum absolute atomic E-state index is 11.4. The molecule has 0 aromatic heterocycles. The van der Waals surface area contributed by atoms with E-state index in [-0.39, 0.29) is 6.10 Å². The van der Waals surface area contributed by atoms with Crippen LogP contribution in [0.1, 0.15) is 19.4 Å². The van der Waals surface area contributed by atoms with E-state index in [0.717, 1.165) is 11.1 Å². The van der Waals surface area contributed by atoms with E-state index in [4.69, 9.17) is 14.7 Å². The Morgan fingerprint density at radius 3 is 2.00 bits per heavy atom. The van der Waals surface area contributed by atoms with Crippen molar-refractivity contribution < 1.29 is 14.3 Å². The number of carbonyl (C=O) groups excluding carboxylic acids is 1. The Bertz CT molecular complexity index is 652. The highest BCUT2D eigenvalue weighted by molar-refractivity contribution is 5.67. The molecule has 2 aromatic rings. The molecule has 2 aromatic carbocycles. The Hall–Kier alpha value is -2.80. The summed E-state index contributed by atoms with van der Waals surface area (Å²) in [6.45, 7) is 3.52. The topological polar surface area (TPSA) is 59.3 Å². The predicted molar refractivity (Wildman–Crippen MR) is 78.8 cm³/mol. The minimum absolute atomic E-state index is 0.213. The second-order valence-corrected chi connectivity index (χ2v) is 4.73. The number of rotatable bonds is 3. The summed E-state index contributed by atoms with van der Waals surface area (Å²) in [5.41, 5.74) is 2.59. The van der Waals surface area contributed by atoms with Crippen molar-refractivity contribution in [1.82, 2.24) is 0 Å². The van der Waals surface area contributed by atoms with Gasteiger partial charge in [-0.05, 0) is 49.2 Å². The van der Waals surface area contributed by atoms with Gasteiger partial charge in [0.25, 0.3) is 0 Å². The molecule has 0 heterocycles. The van der Waals surface area contributed by atoms with Crippen molar-refractivity contribution in [2.45, 2.75) is 20.0 Å². The van der Waals surface area contributed by atoms with Gasteiger partial charge in [-0.2, -0.15) is 5.26 Å². The minimum Gasteiger partial charge on any atom is -0.431 e. The van der Waals surface area contributed by atoms with E-state index in [2.05, 4.69) is 6.07 Å². The van der Waals surface area contributed by atoms with E-state index in [1.807, 2.05) is 24.3 Å². The van der Waals surface area contributed by atoms with Crippen LogP contribution in [0.25, 0.3) is 11.1 Å². The summed E-state index contributed by atoms with van der Waals surface area (Å²) in [5.74, 6) is 0.429. The van der Waals surface area contributed by atoms with Gasteiger partial charge >= 0.3 is 6.16 Å². The van der Waals surface area contributed by atoms with Gasteiger partial charge in [0, 0.05) is 0 Å². The molecular formula is C17H15NO3. The molecule has 0 aliphatic carbocycles. The molecule has 21 heavy (non-hydrogen) atoms. The lowest BCUT2D eigenvalue weighted by molar-refractivity contribution is 0.0729. The molecule has 0 aliphatic heterocycles. The number of nitriles is 1. The number of carbonyl (C=O) groups is 1. The molecule has 4 nitrogen and oxygen atoms in total. The van der Waals surface area contributed by atoms with Crippen molar-refractivity contribution >= 4 is 6.16 Å². The van der Waals surface area contributed by atoms with Crippen LogP contribution in [0.4, 0.5) is 4.79 Å². The fraction of sp³-hybridized carbons (Fsp3) is 0.176. The summed E-state index contributed by atoms with van der Waals surface area (Å²) in [4.78, 5) is 11.4. The number of ether oxygens (including phenoxy) is 2. The second kappa shape index (κ2) is 6.58. The molecule has 4 heteroatoms. The Kier molecular flexibility index (Phi) is 4.57. The van der Waals surface area contributed by atoms with Crippen LogP contribution in [0.2, 0.25) is 0 Å². The van der Waals surface area contributed by atoms with Gasteiger partial charge in [-0.25, -0.2) is 4.79 Å². The summed E-state index contributed by atoms with van der Waals surface area (Å²) in [5, 5.41) is 8.77. The van der Waals surface area contributed by atoms with Crippen LogP contribution in [0.3, 0.4) is 0 Å². The first kappa shape index (κ1) is 14.6. The van der Waals surface area contributed by atoms with Crippen LogP contribution >= 0.6 is 0 Å². The molecule has 0 bridgehead atoms. The van der Waals surface area contributed by atoms with Crippen LogP contribution in [0.5, 0.6) is 5.75 Å². The standard InChI is InChI=1S/C17H15NO3/c1-12(2)20-17(19)21-16-9-7-15(8-10-16)14-5-3-13(11-18)4-6-14/h3-10,12H,1-2H3. The van der Waals surface area contributed by atoms with Crippen molar-refractivity contribution in [3.63, 3.8) is 0 Å². The quantitative estimate of drug-likeness (QED) is 0.626. The predicted octanol–water partition coefficient (Wildman–Crippen LogP) is 4.15. The van der Waals surface area contributed by atoms with Crippen molar-refractivity contribution in [1.29, 1.82) is 5.26 Å². The molecule has 2 rings (SSSR count). The maximum atomic E-state index is 11.4. The first-order chi connectivity index (χ1) is 10.1. The van der Waals surface area contributed by atoms with Crippen molar-refractivity contribution in [2.24, 2.45) is 0 Å². The van der Waals surface area contributed by atoms with Gasteiger partial charge in [-0.15, -0.1) is 0 Å². The van der Waals surface area contributed by atoms with Gasteiger partial charge in [0.2, 0.25) is 0 Å². The lowest BCUT2D eigenvalue weighted by Crippen LogP contribution is -2.15. The first-order valence-electron chi connectivity index (χ1n) is 6.57. The minimum atomic E-state index is -0.712. The summed E-state index contributed by atoms with van der Waals surface area (Å²) in [6, 6.07) is 16.5. The highest BCUT2D eigenvalue weighted by Crippen LogP contribution is 2.23. The lowest BCUT2D eigenvalue weighted by atomic mass is 10.0. The summed E-state index contributed by atoms with van der Waals surface area (Å²) >= 11 is 0. The summed E-state index contributed by atoms with van der Waals surface area (Å²) < 4.78 is 9.95. The Labute approximate surface area is 123 Å². The zero-order valence-corrected chi connectivity index (χ0v) is 11.9. The van der Waals surface area contributed by atoms with Crippen molar-refractivity contribution in [3.05, 3.63) is 54.1 Å². The van der Waals surface area contributed by atoms with Crippen molar-refractivity contribution in [2.75, 3.05) is 0 Å². The van der Waals surface area contributed by atoms with E-state index in [1.54, 1.807) is 38.1 Å². The SMILES string of the molecule is CC(C)OC(=O)Oc1ccc(-c2ccc(C#N)cc2)cc1. The van der Waals surface area contributed by atoms with Gasteiger partial charge in [0.15, 0.2) is 0 Å². The van der Waals surface area contributed by atoms with E-state index in [0.29, 0.717) is 11.3 Å². The third kappa shape index (κ3) is 4.08. The molecule has 0 atom stereocenters. The van der Waals surface area contributed by atoms with E-state index >= 15 is 0 Å². The number of hydrogen-bond donors (Lipinski definition) is 0. The van der Waals surface area contributed by atoms with E-state index in [9.17, 15) is 4.79 Å². The molecule has 0 saturated carbocycles. The maximum Gasteiger partial charge on any atom is 0.514 e. The first-order valence-corrected chi connectivity index (χ1v) is 6.57. The van der Waals surface area contributed by atoms with Crippen LogP contribution in [0.15, 0.2) is 48.5 Å². The Morgan fingerprint density at radius 1 is 1.00 bits per heavy atom. The van der Waals surface area contributed by atoms with Gasteiger partial charge < -0.3 is 9.47 Å². The van der Waals surface area contributed by atoms with Gasteiger partial charge in [0.1, 0.15) is 5.75 Å². The molecule has 0 N–H and O–H groups in total. The van der Waals surface area contributed by atoms with E-state index in [1.165, 1.54) is 0 Å². The fourth-order valence-electron chi connectivity index (χ4n) is 1.77. The number of hydrogen-bond acceptors (Lipinski definition) is 4.